The number of nitrogens with one attached hydrogen (secondary N) is 1. The molecule has 3 heteroatoms. The van der Waals surface area contributed by atoms with E-state index in [9.17, 15) is 0 Å². The number of thiophene rings is 1. The molecule has 1 unspecified atom stereocenters. The molecule has 1 N–H and O–H groups in total. The predicted octanol–water partition coefficient (Wildman–Crippen LogP) is 5.53. The smallest absolute Gasteiger partial charge is 0.0285 e. The van der Waals surface area contributed by atoms with Crippen LogP contribution < -0.4 is 5.32 Å². The lowest BCUT2D eigenvalue weighted by molar-refractivity contribution is 0.405. The molecule has 1 aromatic heterocycles. The predicted molar refractivity (Wildman–Crippen MR) is 97.4 cm³/mol. The molecule has 1 heterocycles. The van der Waals surface area contributed by atoms with E-state index in [1.807, 2.05) is 11.3 Å². The molecular formula is C18H24BrNS. The first-order valence-electron chi connectivity index (χ1n) is 7.38. The number of aryl methyl sites for hydroxylation is 1. The summed E-state index contributed by atoms with van der Waals surface area (Å²) in [6, 6.07) is 11.2. The van der Waals surface area contributed by atoms with Crippen LogP contribution in [0.15, 0.2) is 40.2 Å². The number of hydrogen-bond acceptors (Lipinski definition) is 2. The maximum atomic E-state index is 3.66. The molecule has 21 heavy (non-hydrogen) atoms. The molecule has 0 bridgehead atoms. The Hall–Kier alpha value is -0.640. The second-order valence-corrected chi connectivity index (χ2v) is 8.59. The summed E-state index contributed by atoms with van der Waals surface area (Å²) in [7, 11) is 0. The van der Waals surface area contributed by atoms with E-state index in [2.05, 4.69) is 84.7 Å². The molecule has 114 valence electrons. The van der Waals surface area contributed by atoms with Gasteiger partial charge in [0.25, 0.3) is 0 Å². The molecular weight excluding hydrogens is 342 g/mol. The van der Waals surface area contributed by atoms with E-state index in [-0.39, 0.29) is 5.54 Å². The minimum atomic E-state index is 0.152. The van der Waals surface area contributed by atoms with E-state index in [1.165, 1.54) is 20.5 Å². The first kappa shape index (κ1) is 16.7. The molecule has 2 aromatic rings. The van der Waals surface area contributed by atoms with Crippen molar-refractivity contribution in [3.8, 4) is 0 Å². The van der Waals surface area contributed by atoms with Crippen LogP contribution in [0, 0.1) is 6.92 Å². The van der Waals surface area contributed by atoms with Gasteiger partial charge in [-0.2, -0.15) is 0 Å². The molecule has 0 saturated carbocycles. The second-order valence-electron chi connectivity index (χ2n) is 6.67. The van der Waals surface area contributed by atoms with Gasteiger partial charge in [0.15, 0.2) is 0 Å². The summed E-state index contributed by atoms with van der Waals surface area (Å²) >= 11 is 5.39. The van der Waals surface area contributed by atoms with Crippen LogP contribution in [0.3, 0.4) is 0 Å². The number of benzene rings is 1. The summed E-state index contributed by atoms with van der Waals surface area (Å²) in [4.78, 5) is 1.43. The third-order valence-corrected chi connectivity index (χ3v) is 5.22. The van der Waals surface area contributed by atoms with Crippen LogP contribution in [-0.2, 0) is 6.42 Å². The lowest BCUT2D eigenvalue weighted by atomic mass is 9.93. The number of hydrogen-bond donors (Lipinski definition) is 1. The van der Waals surface area contributed by atoms with Crippen LogP contribution in [0.1, 0.15) is 42.7 Å². The molecule has 0 spiro atoms. The molecule has 0 amide bonds. The van der Waals surface area contributed by atoms with Crippen molar-refractivity contribution < 1.29 is 0 Å². The lowest BCUT2D eigenvalue weighted by Crippen LogP contribution is -2.39. The Morgan fingerprint density at radius 3 is 2.38 bits per heavy atom. The van der Waals surface area contributed by atoms with E-state index in [1.54, 1.807) is 0 Å². The monoisotopic (exact) mass is 365 g/mol. The molecule has 0 aliphatic heterocycles. The molecule has 1 nitrogen and oxygen atoms in total. The zero-order valence-corrected chi connectivity index (χ0v) is 15.6. The van der Waals surface area contributed by atoms with Crippen molar-refractivity contribution in [3.63, 3.8) is 0 Å². The van der Waals surface area contributed by atoms with E-state index >= 15 is 0 Å². The van der Waals surface area contributed by atoms with Gasteiger partial charge in [0.1, 0.15) is 0 Å². The summed E-state index contributed by atoms with van der Waals surface area (Å²) in [6.07, 6.45) is 1.09. The van der Waals surface area contributed by atoms with Crippen molar-refractivity contribution in [2.75, 3.05) is 6.54 Å². The van der Waals surface area contributed by atoms with Crippen molar-refractivity contribution in [2.24, 2.45) is 0 Å². The first-order valence-corrected chi connectivity index (χ1v) is 9.05. The summed E-state index contributed by atoms with van der Waals surface area (Å²) in [6.45, 7) is 9.81. The van der Waals surface area contributed by atoms with Crippen LogP contribution in [0.2, 0.25) is 0 Å². The van der Waals surface area contributed by atoms with Gasteiger partial charge < -0.3 is 5.32 Å². The summed E-state index contributed by atoms with van der Waals surface area (Å²) in [5.41, 5.74) is 2.89. The largest absolute Gasteiger partial charge is 0.311 e. The maximum Gasteiger partial charge on any atom is 0.0285 e. The summed E-state index contributed by atoms with van der Waals surface area (Å²) in [5.74, 6) is 0.510. The van der Waals surface area contributed by atoms with Gasteiger partial charge in [-0.15, -0.1) is 11.3 Å². The van der Waals surface area contributed by atoms with Gasteiger partial charge in [-0.05, 0) is 61.7 Å². The fraction of sp³-hybridized carbons (Fsp3) is 0.444. The average molecular weight is 366 g/mol. The van der Waals surface area contributed by atoms with Crippen LogP contribution >= 0.6 is 27.3 Å². The molecule has 0 aliphatic rings. The molecule has 2 rings (SSSR count). The Morgan fingerprint density at radius 2 is 1.86 bits per heavy atom. The van der Waals surface area contributed by atoms with Gasteiger partial charge in [0, 0.05) is 32.7 Å². The Morgan fingerprint density at radius 1 is 1.19 bits per heavy atom. The summed E-state index contributed by atoms with van der Waals surface area (Å²) < 4.78 is 1.19. The molecule has 0 saturated heterocycles. The van der Waals surface area contributed by atoms with E-state index < -0.39 is 0 Å². The van der Waals surface area contributed by atoms with Gasteiger partial charge in [-0.25, -0.2) is 0 Å². The fourth-order valence-electron chi connectivity index (χ4n) is 2.28. The van der Waals surface area contributed by atoms with E-state index in [4.69, 9.17) is 0 Å². The standard InChI is InChI=1S/C18H24BrNS/c1-13-5-7-14(8-6-13)15(11-20-18(2,3)4)9-17-10-16(19)12-21-17/h5-8,10,12,15,20H,9,11H2,1-4H3. The van der Waals surface area contributed by atoms with Crippen molar-refractivity contribution in [2.45, 2.75) is 45.6 Å². The normalized spacial score (nSPS) is 13.4. The number of rotatable bonds is 5. The molecule has 1 atom stereocenters. The lowest BCUT2D eigenvalue weighted by Gasteiger charge is -2.25. The number of halogens is 1. The molecule has 0 radical (unpaired) electrons. The first-order chi connectivity index (χ1) is 9.83. The van der Waals surface area contributed by atoms with Crippen LogP contribution in [-0.4, -0.2) is 12.1 Å². The third-order valence-electron chi connectivity index (χ3n) is 3.50. The highest BCUT2D eigenvalue weighted by Gasteiger charge is 2.17. The summed E-state index contributed by atoms with van der Waals surface area (Å²) in [5, 5.41) is 5.82. The molecule has 0 fully saturated rings. The van der Waals surface area contributed by atoms with E-state index in [0.717, 1.165) is 13.0 Å². The minimum Gasteiger partial charge on any atom is -0.311 e. The van der Waals surface area contributed by atoms with Gasteiger partial charge in [-0.3, -0.25) is 0 Å². The average Bonchev–Trinajstić information content (AvgIpc) is 2.80. The van der Waals surface area contributed by atoms with Crippen molar-refractivity contribution in [1.82, 2.24) is 5.32 Å². The highest BCUT2D eigenvalue weighted by atomic mass is 79.9. The Balaban J connectivity index is 2.15. The Kier molecular flexibility index (Phi) is 5.64. The second kappa shape index (κ2) is 7.08. The van der Waals surface area contributed by atoms with Gasteiger partial charge in [-0.1, -0.05) is 29.8 Å². The van der Waals surface area contributed by atoms with Crippen LogP contribution in [0.25, 0.3) is 0 Å². The van der Waals surface area contributed by atoms with Crippen LogP contribution in [0.5, 0.6) is 0 Å². The van der Waals surface area contributed by atoms with Crippen molar-refractivity contribution in [1.29, 1.82) is 0 Å². The highest BCUT2D eigenvalue weighted by molar-refractivity contribution is 9.10. The zero-order valence-electron chi connectivity index (χ0n) is 13.2. The van der Waals surface area contributed by atoms with Gasteiger partial charge >= 0.3 is 0 Å². The molecule has 0 aliphatic carbocycles. The molecule has 1 aromatic carbocycles. The third kappa shape index (κ3) is 5.57. The van der Waals surface area contributed by atoms with Gasteiger partial charge in [0.05, 0.1) is 0 Å². The maximum absolute atomic E-state index is 3.66. The van der Waals surface area contributed by atoms with Crippen LogP contribution in [0.4, 0.5) is 0 Å². The Labute approximate surface area is 140 Å². The fourth-order valence-corrected chi connectivity index (χ4v) is 3.81. The highest BCUT2D eigenvalue weighted by Crippen LogP contribution is 2.27. The van der Waals surface area contributed by atoms with Crippen molar-refractivity contribution >= 4 is 27.3 Å². The quantitative estimate of drug-likeness (QED) is 0.733. The zero-order chi connectivity index (χ0) is 15.5. The van der Waals surface area contributed by atoms with E-state index in [0.29, 0.717) is 5.92 Å². The Bertz CT molecular complexity index is 566. The van der Waals surface area contributed by atoms with Crippen molar-refractivity contribution in [3.05, 3.63) is 56.2 Å². The minimum absolute atomic E-state index is 0.152. The SMILES string of the molecule is Cc1ccc(C(CNC(C)(C)C)Cc2cc(Br)cs2)cc1. The van der Waals surface area contributed by atoms with Gasteiger partial charge in [0.2, 0.25) is 0 Å². The topological polar surface area (TPSA) is 12.0 Å².